The number of carbonyl (C=O) groups is 2. The SMILES string of the molecule is COc1ccc(COCC2CC2(F)F)cc1C(=O)N[C@@H]1C2CCC(/C2=C/C2CC2)[C@@H]1C(=O)Nc1ccc(F)c(C(F)(F)F)c1. The zero-order chi connectivity index (χ0) is 31.4. The first-order chi connectivity index (χ1) is 20.9. The molecule has 0 heterocycles. The Morgan fingerprint density at radius 2 is 1.77 bits per heavy atom. The van der Waals surface area contributed by atoms with Crippen LogP contribution >= 0.6 is 0 Å². The third-order valence-corrected chi connectivity index (χ3v) is 9.14. The largest absolute Gasteiger partial charge is 0.496 e. The van der Waals surface area contributed by atoms with Crippen LogP contribution in [-0.4, -0.2) is 37.5 Å². The lowest BCUT2D eigenvalue weighted by molar-refractivity contribution is -0.140. The number of hydrogen-bond donors (Lipinski definition) is 2. The summed E-state index contributed by atoms with van der Waals surface area (Å²) < 4.78 is 91.0. The molecule has 0 radical (unpaired) electrons. The molecule has 5 atom stereocenters. The Morgan fingerprint density at radius 3 is 2.43 bits per heavy atom. The number of methoxy groups -OCH3 is 1. The summed E-state index contributed by atoms with van der Waals surface area (Å²) in [5.74, 6) is -6.44. The maximum Gasteiger partial charge on any atom is 0.419 e. The summed E-state index contributed by atoms with van der Waals surface area (Å²) in [6.45, 7) is -0.0843. The number of alkyl halides is 5. The van der Waals surface area contributed by atoms with Crippen molar-refractivity contribution in [1.29, 1.82) is 0 Å². The topological polar surface area (TPSA) is 76.7 Å². The van der Waals surface area contributed by atoms with Crippen molar-refractivity contribution in [2.24, 2.45) is 29.6 Å². The number of amides is 2. The average molecular weight is 623 g/mol. The molecule has 44 heavy (non-hydrogen) atoms. The first kappa shape index (κ1) is 30.5. The number of allylic oxidation sites excluding steroid dienone is 1. The first-order valence-electron chi connectivity index (χ1n) is 14.7. The maximum atomic E-state index is 13.9. The van der Waals surface area contributed by atoms with E-state index in [9.17, 15) is 35.9 Å². The highest BCUT2D eigenvalue weighted by Gasteiger charge is 2.57. The van der Waals surface area contributed by atoms with Crippen LogP contribution in [0.25, 0.3) is 0 Å². The van der Waals surface area contributed by atoms with Crippen LogP contribution in [0.5, 0.6) is 5.75 Å². The average Bonchev–Trinajstić information content (AvgIpc) is 3.83. The standard InChI is InChI=1S/C32H32F6N2O4/c1-43-26-9-4-17(14-44-15-18-13-31(18,34)35)11-23(26)29(41)40-28-21-7-6-20(22(21)10-16-2-3-16)27(28)30(42)39-19-5-8-25(33)24(12-19)32(36,37)38/h4-5,8-12,16,18,20-21,27-28H,2-3,6-7,13-15H2,1H3,(H,39,42)(H,40,41)/b22-10-/t18?,20?,21?,27-,28+/m0/s1. The highest BCUT2D eigenvalue weighted by Crippen LogP contribution is 2.54. The second kappa shape index (κ2) is 11.4. The molecule has 2 amide bonds. The lowest BCUT2D eigenvalue weighted by atomic mass is 9.83. The molecule has 4 saturated carbocycles. The first-order valence-corrected chi connectivity index (χ1v) is 14.7. The van der Waals surface area contributed by atoms with Gasteiger partial charge in [0.2, 0.25) is 5.91 Å². The van der Waals surface area contributed by atoms with E-state index in [1.807, 2.05) is 0 Å². The second-order valence-corrected chi connectivity index (χ2v) is 12.2. The van der Waals surface area contributed by atoms with E-state index in [4.69, 9.17) is 9.47 Å². The summed E-state index contributed by atoms with van der Waals surface area (Å²) in [5.41, 5.74) is 0.160. The minimum Gasteiger partial charge on any atom is -0.496 e. The van der Waals surface area contributed by atoms with Gasteiger partial charge in [-0.1, -0.05) is 17.7 Å². The van der Waals surface area contributed by atoms with Gasteiger partial charge in [0.05, 0.1) is 43.3 Å². The monoisotopic (exact) mass is 622 g/mol. The molecule has 0 spiro atoms. The van der Waals surface area contributed by atoms with Crippen LogP contribution in [0.4, 0.5) is 32.0 Å². The van der Waals surface area contributed by atoms with Crippen LogP contribution in [0.3, 0.4) is 0 Å². The van der Waals surface area contributed by atoms with Gasteiger partial charge >= 0.3 is 6.18 Å². The molecule has 236 valence electrons. The van der Waals surface area contributed by atoms with E-state index >= 15 is 0 Å². The predicted molar refractivity (Wildman–Crippen MR) is 148 cm³/mol. The zero-order valence-electron chi connectivity index (χ0n) is 23.9. The lowest BCUT2D eigenvalue weighted by Crippen LogP contribution is -2.48. The molecular formula is C32H32F6N2O4. The number of ether oxygens (including phenoxy) is 2. The minimum atomic E-state index is -4.93. The van der Waals surface area contributed by atoms with E-state index in [1.165, 1.54) is 7.11 Å². The van der Waals surface area contributed by atoms with Gasteiger partial charge in [-0.15, -0.1) is 0 Å². The summed E-state index contributed by atoms with van der Waals surface area (Å²) in [5, 5.41) is 5.55. The quantitative estimate of drug-likeness (QED) is 0.227. The molecule has 3 unspecified atom stereocenters. The number of hydrogen-bond acceptors (Lipinski definition) is 4. The van der Waals surface area contributed by atoms with Crippen molar-refractivity contribution in [2.75, 3.05) is 19.0 Å². The van der Waals surface area contributed by atoms with Crippen molar-refractivity contribution in [1.82, 2.24) is 5.32 Å². The van der Waals surface area contributed by atoms with Crippen LogP contribution in [0, 0.1) is 35.4 Å². The number of carbonyl (C=O) groups excluding carboxylic acids is 2. The predicted octanol–water partition coefficient (Wildman–Crippen LogP) is 6.75. The Hall–Kier alpha value is -3.54. The number of halogens is 6. The molecule has 0 aromatic heterocycles. The van der Waals surface area contributed by atoms with Gasteiger partial charge in [-0.2, -0.15) is 13.2 Å². The summed E-state index contributed by atoms with van der Waals surface area (Å²) in [6, 6.07) is 6.47. The molecule has 12 heteroatoms. The van der Waals surface area contributed by atoms with Gasteiger partial charge in [0.1, 0.15) is 11.6 Å². The molecule has 0 aliphatic heterocycles. The Morgan fingerprint density at radius 1 is 1.05 bits per heavy atom. The van der Waals surface area contributed by atoms with Crippen molar-refractivity contribution in [2.45, 2.75) is 56.9 Å². The fraction of sp³-hybridized carbons (Fsp3) is 0.500. The van der Waals surface area contributed by atoms with Crippen LogP contribution in [0.15, 0.2) is 48.0 Å². The van der Waals surface area contributed by atoms with Gasteiger partial charge in [0.15, 0.2) is 0 Å². The molecule has 2 aromatic carbocycles. The fourth-order valence-electron chi connectivity index (χ4n) is 6.63. The minimum absolute atomic E-state index is 0.0157. The van der Waals surface area contributed by atoms with Gasteiger partial charge in [-0.3, -0.25) is 9.59 Å². The summed E-state index contributed by atoms with van der Waals surface area (Å²) in [7, 11) is 1.40. The van der Waals surface area contributed by atoms with Gasteiger partial charge in [0.25, 0.3) is 11.8 Å². The molecular weight excluding hydrogens is 590 g/mol. The highest BCUT2D eigenvalue weighted by molar-refractivity contribution is 5.99. The molecule has 4 fully saturated rings. The third kappa shape index (κ3) is 6.18. The molecule has 4 aliphatic carbocycles. The second-order valence-electron chi connectivity index (χ2n) is 12.2. The van der Waals surface area contributed by atoms with Gasteiger partial charge < -0.3 is 20.1 Å². The van der Waals surface area contributed by atoms with E-state index in [0.717, 1.165) is 30.9 Å². The molecule has 2 bridgehead atoms. The van der Waals surface area contributed by atoms with E-state index in [-0.39, 0.29) is 48.5 Å². The summed E-state index contributed by atoms with van der Waals surface area (Å²) in [6.07, 6.45) is 0.550. The fourth-order valence-corrected chi connectivity index (χ4v) is 6.63. The summed E-state index contributed by atoms with van der Waals surface area (Å²) in [4.78, 5) is 27.4. The Labute approximate surface area is 250 Å². The van der Waals surface area contributed by atoms with Crippen molar-refractivity contribution >= 4 is 17.5 Å². The van der Waals surface area contributed by atoms with Crippen molar-refractivity contribution in [3.63, 3.8) is 0 Å². The smallest absolute Gasteiger partial charge is 0.419 e. The van der Waals surface area contributed by atoms with Gasteiger partial charge in [-0.25, -0.2) is 13.2 Å². The van der Waals surface area contributed by atoms with Gasteiger partial charge in [-0.05, 0) is 73.4 Å². The summed E-state index contributed by atoms with van der Waals surface area (Å²) >= 11 is 0. The third-order valence-electron chi connectivity index (χ3n) is 9.14. The number of nitrogens with one attached hydrogen (secondary N) is 2. The van der Waals surface area contributed by atoms with Crippen LogP contribution in [0.1, 0.15) is 53.6 Å². The Balaban J connectivity index is 1.22. The normalized spacial score (nSPS) is 27.8. The Kier molecular flexibility index (Phi) is 7.92. The van der Waals surface area contributed by atoms with E-state index in [1.54, 1.807) is 18.2 Å². The molecule has 2 aromatic rings. The van der Waals surface area contributed by atoms with Crippen LogP contribution in [0.2, 0.25) is 0 Å². The molecule has 0 saturated heterocycles. The zero-order valence-corrected chi connectivity index (χ0v) is 23.9. The van der Waals surface area contributed by atoms with Crippen LogP contribution in [-0.2, 0) is 22.3 Å². The van der Waals surface area contributed by atoms with Crippen molar-refractivity contribution in [3.05, 3.63) is 70.6 Å². The molecule has 6 nitrogen and oxygen atoms in total. The number of rotatable bonds is 10. The number of benzene rings is 2. The molecule has 6 rings (SSSR count). The van der Waals surface area contributed by atoms with E-state index in [0.29, 0.717) is 30.0 Å². The number of anilines is 1. The maximum absolute atomic E-state index is 13.9. The van der Waals surface area contributed by atoms with Gasteiger partial charge in [0, 0.05) is 24.1 Å². The number of fused-ring (bicyclic) bond motifs is 2. The Bertz CT molecular complexity index is 1490. The molecule has 2 N–H and O–H groups in total. The molecule has 4 aliphatic rings. The van der Waals surface area contributed by atoms with Crippen molar-refractivity contribution < 1.29 is 45.4 Å². The van der Waals surface area contributed by atoms with E-state index < -0.39 is 53.2 Å². The van der Waals surface area contributed by atoms with Crippen molar-refractivity contribution in [3.8, 4) is 5.75 Å². The van der Waals surface area contributed by atoms with Crippen LogP contribution < -0.4 is 15.4 Å². The lowest BCUT2D eigenvalue weighted by Gasteiger charge is -2.30. The highest BCUT2D eigenvalue weighted by atomic mass is 19.4. The van der Waals surface area contributed by atoms with E-state index in [2.05, 4.69) is 16.7 Å².